The maximum atomic E-state index is 13.4. The Balaban J connectivity index is 2.75. The summed E-state index contributed by atoms with van der Waals surface area (Å²) in [5, 5.41) is 9.64. The summed E-state index contributed by atoms with van der Waals surface area (Å²) in [5.41, 5.74) is 6.05. The van der Waals surface area contributed by atoms with Crippen LogP contribution in [0.15, 0.2) is 18.3 Å². The van der Waals surface area contributed by atoms with Gasteiger partial charge in [0.05, 0.1) is 5.52 Å². The van der Waals surface area contributed by atoms with E-state index >= 15 is 0 Å². The molecule has 0 saturated heterocycles. The van der Waals surface area contributed by atoms with Gasteiger partial charge in [0, 0.05) is 23.7 Å². The second-order valence-electron chi connectivity index (χ2n) is 3.32. The number of hydrogen-bond donors (Lipinski definition) is 2. The van der Waals surface area contributed by atoms with Crippen LogP contribution in [0.5, 0.6) is 0 Å². The van der Waals surface area contributed by atoms with Crippen LogP contribution in [-0.4, -0.2) is 16.5 Å². The molecule has 5 heteroatoms. The fraction of sp³-hybridized carbons (Fsp3) is 0.200. The van der Waals surface area contributed by atoms with E-state index in [1.807, 2.05) is 0 Å². The van der Waals surface area contributed by atoms with Crippen molar-refractivity contribution in [1.82, 2.24) is 4.73 Å². The van der Waals surface area contributed by atoms with Gasteiger partial charge in [-0.1, -0.05) is 0 Å². The summed E-state index contributed by atoms with van der Waals surface area (Å²) in [7, 11) is 0. The molecular formula is C10H10F2N2O. The summed E-state index contributed by atoms with van der Waals surface area (Å²) < 4.78 is 27.0. The molecule has 2 aromatic rings. The first kappa shape index (κ1) is 9.92. The number of benzene rings is 1. The molecule has 0 fully saturated rings. The quantitative estimate of drug-likeness (QED) is 0.744. The SMILES string of the molecule is NCCc1cn(O)c2cc(F)cc(F)c12. The minimum Gasteiger partial charge on any atom is -0.428 e. The highest BCUT2D eigenvalue weighted by Gasteiger charge is 2.13. The van der Waals surface area contributed by atoms with E-state index in [4.69, 9.17) is 5.73 Å². The topological polar surface area (TPSA) is 51.2 Å². The van der Waals surface area contributed by atoms with Crippen LogP contribution in [-0.2, 0) is 6.42 Å². The molecule has 2 rings (SSSR count). The van der Waals surface area contributed by atoms with E-state index in [1.165, 1.54) is 6.20 Å². The van der Waals surface area contributed by atoms with Gasteiger partial charge in [0.2, 0.25) is 0 Å². The Bertz CT molecular complexity index is 508. The summed E-state index contributed by atoms with van der Waals surface area (Å²) in [6, 6.07) is 1.88. The Hall–Kier alpha value is -1.62. The lowest BCUT2D eigenvalue weighted by atomic mass is 10.1. The van der Waals surface area contributed by atoms with Gasteiger partial charge in [-0.15, -0.1) is 0 Å². The maximum Gasteiger partial charge on any atom is 0.135 e. The number of halogens is 2. The van der Waals surface area contributed by atoms with Gasteiger partial charge in [-0.2, -0.15) is 4.73 Å². The largest absolute Gasteiger partial charge is 0.428 e. The van der Waals surface area contributed by atoms with Gasteiger partial charge in [0.25, 0.3) is 0 Å². The van der Waals surface area contributed by atoms with E-state index in [9.17, 15) is 14.0 Å². The smallest absolute Gasteiger partial charge is 0.135 e. The Labute approximate surface area is 84.7 Å². The first-order chi connectivity index (χ1) is 7.13. The number of fused-ring (bicyclic) bond motifs is 1. The number of rotatable bonds is 2. The molecule has 15 heavy (non-hydrogen) atoms. The van der Waals surface area contributed by atoms with Crippen LogP contribution in [0.1, 0.15) is 5.56 Å². The number of nitrogens with two attached hydrogens (primary N) is 1. The predicted molar refractivity (Wildman–Crippen MR) is 51.8 cm³/mol. The number of aromatic nitrogens is 1. The molecule has 1 heterocycles. The molecule has 0 unspecified atom stereocenters. The molecule has 80 valence electrons. The van der Waals surface area contributed by atoms with E-state index in [0.29, 0.717) is 23.3 Å². The van der Waals surface area contributed by atoms with Gasteiger partial charge in [0.1, 0.15) is 11.6 Å². The Kier molecular flexibility index (Phi) is 2.32. The molecular weight excluding hydrogens is 202 g/mol. The Morgan fingerprint density at radius 3 is 2.73 bits per heavy atom. The highest BCUT2D eigenvalue weighted by atomic mass is 19.1. The second kappa shape index (κ2) is 3.51. The average Bonchev–Trinajstić information content (AvgIpc) is 2.44. The van der Waals surface area contributed by atoms with Crippen molar-refractivity contribution in [2.24, 2.45) is 5.73 Å². The Morgan fingerprint density at radius 1 is 1.33 bits per heavy atom. The van der Waals surface area contributed by atoms with E-state index in [0.717, 1.165) is 12.1 Å². The number of hydrogen-bond acceptors (Lipinski definition) is 2. The van der Waals surface area contributed by atoms with Crippen LogP contribution in [0.2, 0.25) is 0 Å². The highest BCUT2D eigenvalue weighted by Crippen LogP contribution is 2.24. The van der Waals surface area contributed by atoms with E-state index < -0.39 is 11.6 Å². The first-order valence-electron chi connectivity index (χ1n) is 4.51. The molecule has 0 aliphatic rings. The minimum absolute atomic E-state index is 0.121. The molecule has 0 spiro atoms. The molecule has 0 amide bonds. The maximum absolute atomic E-state index is 13.4. The van der Waals surface area contributed by atoms with Crippen LogP contribution >= 0.6 is 0 Å². The first-order valence-corrected chi connectivity index (χ1v) is 4.51. The van der Waals surface area contributed by atoms with Crippen molar-refractivity contribution >= 4 is 10.9 Å². The van der Waals surface area contributed by atoms with E-state index in [2.05, 4.69) is 0 Å². The normalized spacial score (nSPS) is 11.1. The summed E-state index contributed by atoms with van der Waals surface area (Å²) in [5.74, 6) is -1.39. The molecule has 1 aromatic carbocycles. The van der Waals surface area contributed by atoms with Crippen molar-refractivity contribution in [2.45, 2.75) is 6.42 Å². The standard InChI is InChI=1S/C10H10F2N2O/c11-7-3-8(12)10-6(1-2-13)5-14(15)9(10)4-7/h3-5,15H,1-2,13H2. The number of nitrogens with zero attached hydrogens (tertiary/aromatic N) is 1. The molecule has 0 saturated carbocycles. The lowest BCUT2D eigenvalue weighted by Gasteiger charge is -1.98. The van der Waals surface area contributed by atoms with Gasteiger partial charge in [0.15, 0.2) is 0 Å². The van der Waals surface area contributed by atoms with E-state index in [-0.39, 0.29) is 10.9 Å². The molecule has 0 aliphatic heterocycles. The molecule has 3 nitrogen and oxygen atoms in total. The summed E-state index contributed by atoms with van der Waals surface area (Å²) in [4.78, 5) is 0. The van der Waals surface area contributed by atoms with Gasteiger partial charge < -0.3 is 10.9 Å². The van der Waals surface area contributed by atoms with Crippen molar-refractivity contribution in [3.8, 4) is 0 Å². The fourth-order valence-corrected chi connectivity index (χ4v) is 1.69. The van der Waals surface area contributed by atoms with Crippen molar-refractivity contribution in [2.75, 3.05) is 6.54 Å². The van der Waals surface area contributed by atoms with Gasteiger partial charge in [-0.3, -0.25) is 0 Å². The zero-order chi connectivity index (χ0) is 11.0. The lowest BCUT2D eigenvalue weighted by Crippen LogP contribution is -2.02. The van der Waals surface area contributed by atoms with Gasteiger partial charge in [-0.25, -0.2) is 8.78 Å². The zero-order valence-corrected chi connectivity index (χ0v) is 7.87. The second-order valence-corrected chi connectivity index (χ2v) is 3.32. The molecule has 0 radical (unpaired) electrons. The van der Waals surface area contributed by atoms with Crippen LogP contribution in [0.3, 0.4) is 0 Å². The fourth-order valence-electron chi connectivity index (χ4n) is 1.69. The summed E-state index contributed by atoms with van der Waals surface area (Å²) >= 11 is 0. The average molecular weight is 212 g/mol. The molecule has 0 bridgehead atoms. The molecule has 3 N–H and O–H groups in total. The van der Waals surface area contributed by atoms with E-state index in [1.54, 1.807) is 0 Å². The summed E-state index contributed by atoms with van der Waals surface area (Å²) in [6.45, 7) is 0.343. The third-order valence-corrected chi connectivity index (χ3v) is 2.29. The van der Waals surface area contributed by atoms with Crippen LogP contribution in [0.4, 0.5) is 8.78 Å². The van der Waals surface area contributed by atoms with Crippen molar-refractivity contribution in [3.63, 3.8) is 0 Å². The van der Waals surface area contributed by atoms with Crippen molar-refractivity contribution in [1.29, 1.82) is 0 Å². The van der Waals surface area contributed by atoms with Crippen molar-refractivity contribution < 1.29 is 14.0 Å². The summed E-state index contributed by atoms with van der Waals surface area (Å²) in [6.07, 6.45) is 1.78. The predicted octanol–water partition coefficient (Wildman–Crippen LogP) is 1.66. The monoisotopic (exact) mass is 212 g/mol. The zero-order valence-electron chi connectivity index (χ0n) is 7.87. The van der Waals surface area contributed by atoms with Crippen LogP contribution in [0.25, 0.3) is 10.9 Å². The van der Waals surface area contributed by atoms with Gasteiger partial charge >= 0.3 is 0 Å². The highest BCUT2D eigenvalue weighted by molar-refractivity contribution is 5.84. The molecule has 0 aliphatic carbocycles. The Morgan fingerprint density at radius 2 is 2.07 bits per heavy atom. The van der Waals surface area contributed by atoms with Crippen LogP contribution < -0.4 is 5.73 Å². The molecule has 0 atom stereocenters. The third kappa shape index (κ3) is 1.55. The minimum atomic E-state index is -0.715. The third-order valence-electron chi connectivity index (χ3n) is 2.29. The van der Waals surface area contributed by atoms with Crippen LogP contribution in [0, 0.1) is 11.6 Å². The van der Waals surface area contributed by atoms with Gasteiger partial charge in [-0.05, 0) is 18.5 Å². The van der Waals surface area contributed by atoms with Crippen molar-refractivity contribution in [3.05, 3.63) is 35.5 Å². The molecule has 1 aromatic heterocycles. The lowest BCUT2D eigenvalue weighted by molar-refractivity contribution is 0.199.